The number of methoxy groups -OCH3 is 2. The smallest absolute Gasteiger partial charge is 0.293 e. The maximum atomic E-state index is 12.8. The van der Waals surface area contributed by atoms with E-state index >= 15 is 0 Å². The molecular formula is C22H27N3O5. The molecule has 2 aromatic carbocycles. The van der Waals surface area contributed by atoms with E-state index in [2.05, 4.69) is 10.2 Å². The van der Waals surface area contributed by atoms with Crippen molar-refractivity contribution in [1.82, 2.24) is 4.90 Å². The third kappa shape index (κ3) is 4.38. The number of nitro benzene ring substituents is 1. The third-order valence-corrected chi connectivity index (χ3v) is 5.68. The van der Waals surface area contributed by atoms with E-state index in [1.54, 1.807) is 27.2 Å². The van der Waals surface area contributed by atoms with Gasteiger partial charge in [-0.25, -0.2) is 0 Å². The van der Waals surface area contributed by atoms with Crippen molar-refractivity contribution in [2.24, 2.45) is 0 Å². The Kier molecular flexibility index (Phi) is 6.56. The number of hydrogen-bond acceptors (Lipinski definition) is 6. The standard InChI is InChI=1S/C22H27N3O5/c1-14-7-9-19(25(27)28)22(15(14)2)23-21(26)13-24-11-5-6-18(24)17-12-16(29-3)8-10-20(17)30-4/h7-10,12,18H,5-6,11,13H2,1-4H3,(H,23,26)/t18-/m0/s1. The predicted octanol–water partition coefficient (Wildman–Crippen LogP) is 4.00. The first kappa shape index (κ1) is 21.6. The number of amides is 1. The van der Waals surface area contributed by atoms with Crippen molar-refractivity contribution in [2.75, 3.05) is 32.6 Å². The number of rotatable bonds is 7. The molecule has 0 bridgehead atoms. The minimum absolute atomic E-state index is 0.00870. The molecule has 2 aromatic rings. The summed E-state index contributed by atoms with van der Waals surface area (Å²) < 4.78 is 10.9. The number of nitrogens with one attached hydrogen (secondary N) is 1. The summed E-state index contributed by atoms with van der Waals surface area (Å²) in [6.45, 7) is 4.53. The van der Waals surface area contributed by atoms with E-state index in [1.807, 2.05) is 25.1 Å². The Labute approximate surface area is 175 Å². The Balaban J connectivity index is 1.81. The molecule has 0 radical (unpaired) electrons. The minimum Gasteiger partial charge on any atom is -0.497 e. The van der Waals surface area contributed by atoms with Crippen LogP contribution in [-0.2, 0) is 4.79 Å². The summed E-state index contributed by atoms with van der Waals surface area (Å²) in [5, 5.41) is 14.2. The second-order valence-corrected chi connectivity index (χ2v) is 7.44. The number of anilines is 1. The molecule has 1 aliphatic rings. The highest BCUT2D eigenvalue weighted by atomic mass is 16.6. The number of benzene rings is 2. The molecule has 0 aromatic heterocycles. The SMILES string of the molecule is COc1ccc(OC)c([C@@H]2CCCN2CC(=O)Nc2c([N+](=O)[O-])ccc(C)c2C)c1. The zero-order valence-corrected chi connectivity index (χ0v) is 17.7. The van der Waals surface area contributed by atoms with Gasteiger partial charge in [0.05, 0.1) is 25.7 Å². The maximum Gasteiger partial charge on any atom is 0.293 e. The van der Waals surface area contributed by atoms with Crippen molar-refractivity contribution in [3.63, 3.8) is 0 Å². The molecule has 1 saturated heterocycles. The topological polar surface area (TPSA) is 93.9 Å². The van der Waals surface area contributed by atoms with Crippen LogP contribution in [-0.4, -0.2) is 43.0 Å². The van der Waals surface area contributed by atoms with Gasteiger partial charge in [0, 0.05) is 17.7 Å². The number of carbonyl (C=O) groups is 1. The lowest BCUT2D eigenvalue weighted by molar-refractivity contribution is -0.384. The highest BCUT2D eigenvalue weighted by molar-refractivity contribution is 5.95. The molecule has 30 heavy (non-hydrogen) atoms. The largest absolute Gasteiger partial charge is 0.497 e. The van der Waals surface area contributed by atoms with Gasteiger partial charge < -0.3 is 14.8 Å². The van der Waals surface area contributed by atoms with Gasteiger partial charge >= 0.3 is 0 Å². The minimum atomic E-state index is -0.470. The monoisotopic (exact) mass is 413 g/mol. The summed E-state index contributed by atoms with van der Waals surface area (Å²) >= 11 is 0. The Morgan fingerprint density at radius 2 is 2.00 bits per heavy atom. The van der Waals surface area contributed by atoms with Crippen LogP contribution < -0.4 is 14.8 Å². The average molecular weight is 413 g/mol. The highest BCUT2D eigenvalue weighted by Crippen LogP contribution is 2.39. The number of likely N-dealkylation sites (tertiary alicyclic amines) is 1. The van der Waals surface area contributed by atoms with Crippen LogP contribution in [0.4, 0.5) is 11.4 Å². The van der Waals surface area contributed by atoms with Gasteiger partial charge in [-0.3, -0.25) is 19.8 Å². The zero-order valence-electron chi connectivity index (χ0n) is 17.7. The summed E-state index contributed by atoms with van der Waals surface area (Å²) in [4.78, 5) is 25.8. The Morgan fingerprint density at radius 1 is 1.23 bits per heavy atom. The van der Waals surface area contributed by atoms with Crippen LogP contribution in [0.25, 0.3) is 0 Å². The van der Waals surface area contributed by atoms with Gasteiger partial charge in [0.25, 0.3) is 5.69 Å². The molecule has 8 nitrogen and oxygen atoms in total. The van der Waals surface area contributed by atoms with Crippen molar-refractivity contribution >= 4 is 17.3 Å². The molecule has 1 aliphatic heterocycles. The van der Waals surface area contributed by atoms with E-state index in [-0.39, 0.29) is 29.9 Å². The number of nitrogens with zero attached hydrogens (tertiary/aromatic N) is 2. The second kappa shape index (κ2) is 9.13. The first-order valence-electron chi connectivity index (χ1n) is 9.86. The molecule has 3 rings (SSSR count). The van der Waals surface area contributed by atoms with Crippen molar-refractivity contribution in [3.05, 3.63) is 57.1 Å². The molecule has 160 valence electrons. The molecule has 1 atom stereocenters. The molecular weight excluding hydrogens is 386 g/mol. The van der Waals surface area contributed by atoms with E-state index in [0.29, 0.717) is 5.56 Å². The molecule has 0 saturated carbocycles. The molecule has 1 heterocycles. The zero-order chi connectivity index (χ0) is 21.8. The number of hydrogen-bond donors (Lipinski definition) is 1. The predicted molar refractivity (Wildman–Crippen MR) is 114 cm³/mol. The quantitative estimate of drug-likeness (QED) is 0.545. The molecule has 1 N–H and O–H groups in total. The van der Waals surface area contributed by atoms with Gasteiger partial charge in [0.2, 0.25) is 5.91 Å². The number of aryl methyl sites for hydroxylation is 1. The number of ether oxygens (including phenoxy) is 2. The number of carbonyl (C=O) groups excluding carboxylic acids is 1. The Hall–Kier alpha value is -3.13. The summed E-state index contributed by atoms with van der Waals surface area (Å²) in [6.07, 6.45) is 1.84. The second-order valence-electron chi connectivity index (χ2n) is 7.44. The van der Waals surface area contributed by atoms with Crippen LogP contribution in [0.2, 0.25) is 0 Å². The van der Waals surface area contributed by atoms with E-state index in [4.69, 9.17) is 9.47 Å². The van der Waals surface area contributed by atoms with Gasteiger partial charge in [-0.2, -0.15) is 0 Å². The van der Waals surface area contributed by atoms with Gasteiger partial charge in [0.15, 0.2) is 0 Å². The lowest BCUT2D eigenvalue weighted by Gasteiger charge is -2.26. The van der Waals surface area contributed by atoms with E-state index in [9.17, 15) is 14.9 Å². The van der Waals surface area contributed by atoms with E-state index < -0.39 is 4.92 Å². The highest BCUT2D eigenvalue weighted by Gasteiger charge is 2.31. The van der Waals surface area contributed by atoms with Crippen molar-refractivity contribution < 1.29 is 19.2 Å². The van der Waals surface area contributed by atoms with E-state index in [0.717, 1.165) is 42.0 Å². The Morgan fingerprint density at radius 3 is 2.67 bits per heavy atom. The molecule has 1 amide bonds. The molecule has 8 heteroatoms. The number of nitro groups is 1. The molecule has 0 aliphatic carbocycles. The summed E-state index contributed by atoms with van der Waals surface area (Å²) in [5.41, 5.74) is 2.72. The maximum absolute atomic E-state index is 12.8. The van der Waals surface area contributed by atoms with Gasteiger partial charge in [-0.1, -0.05) is 6.07 Å². The fourth-order valence-corrected chi connectivity index (χ4v) is 3.94. The summed E-state index contributed by atoms with van der Waals surface area (Å²) in [7, 11) is 3.24. The fraction of sp³-hybridized carbons (Fsp3) is 0.409. The van der Waals surface area contributed by atoms with Crippen LogP contribution >= 0.6 is 0 Å². The van der Waals surface area contributed by atoms with Crippen molar-refractivity contribution in [3.8, 4) is 11.5 Å². The average Bonchev–Trinajstić information content (AvgIpc) is 3.18. The van der Waals surface area contributed by atoms with Crippen LogP contribution in [0, 0.1) is 24.0 Å². The summed E-state index contributed by atoms with van der Waals surface area (Å²) in [5.74, 6) is 1.20. The van der Waals surface area contributed by atoms with Gasteiger partial charge in [-0.05, 0) is 62.6 Å². The van der Waals surface area contributed by atoms with Crippen LogP contribution in [0.1, 0.15) is 35.6 Å². The third-order valence-electron chi connectivity index (χ3n) is 5.68. The molecule has 1 fully saturated rings. The molecule has 0 spiro atoms. The van der Waals surface area contributed by atoms with Gasteiger partial charge in [-0.15, -0.1) is 0 Å². The Bertz CT molecular complexity index is 960. The van der Waals surface area contributed by atoms with Gasteiger partial charge in [0.1, 0.15) is 17.2 Å². The first-order chi connectivity index (χ1) is 14.3. The van der Waals surface area contributed by atoms with Crippen molar-refractivity contribution in [2.45, 2.75) is 32.7 Å². The first-order valence-corrected chi connectivity index (χ1v) is 9.86. The van der Waals surface area contributed by atoms with Crippen LogP contribution in [0.5, 0.6) is 11.5 Å². The van der Waals surface area contributed by atoms with Crippen molar-refractivity contribution in [1.29, 1.82) is 0 Å². The van der Waals surface area contributed by atoms with Crippen LogP contribution in [0.3, 0.4) is 0 Å². The normalized spacial score (nSPS) is 16.3. The van der Waals surface area contributed by atoms with E-state index in [1.165, 1.54) is 6.07 Å². The summed E-state index contributed by atoms with van der Waals surface area (Å²) in [6, 6.07) is 8.77. The van der Waals surface area contributed by atoms with Crippen LogP contribution in [0.15, 0.2) is 30.3 Å². The molecule has 0 unspecified atom stereocenters. The lowest BCUT2D eigenvalue weighted by atomic mass is 10.0. The fourth-order valence-electron chi connectivity index (χ4n) is 3.94. The lowest BCUT2D eigenvalue weighted by Crippen LogP contribution is -2.33.